The van der Waals surface area contributed by atoms with Crippen LogP contribution in [0.15, 0.2) is 265 Å². The van der Waals surface area contributed by atoms with Gasteiger partial charge in [-0.2, -0.15) is 0 Å². The Morgan fingerprint density at radius 2 is 0.578 bits per heavy atom. The van der Waals surface area contributed by atoms with Gasteiger partial charge >= 0.3 is 0 Å². The second kappa shape index (κ2) is 17.0. The molecule has 0 aliphatic heterocycles. The van der Waals surface area contributed by atoms with Crippen molar-refractivity contribution in [3.05, 3.63) is 261 Å². The van der Waals surface area contributed by atoms with Gasteiger partial charge in [-0.25, -0.2) is 0 Å². The Balaban J connectivity index is 1.08. The number of anilines is 9. The molecular weight excluding hydrogens is 779 g/mol. The third kappa shape index (κ3) is 7.33. The zero-order valence-electron chi connectivity index (χ0n) is 35.1. The van der Waals surface area contributed by atoms with Crippen molar-refractivity contribution in [1.29, 1.82) is 0 Å². The van der Waals surface area contributed by atoms with Crippen molar-refractivity contribution >= 4 is 73.1 Å². The molecule has 0 unspecified atom stereocenters. The van der Waals surface area contributed by atoms with E-state index >= 15 is 0 Å². The molecule has 0 radical (unpaired) electrons. The monoisotopic (exact) mass is 821 g/mol. The molecule has 1 heterocycles. The van der Waals surface area contributed by atoms with Crippen LogP contribution in [0, 0.1) is 0 Å². The molecule has 0 bridgehead atoms. The van der Waals surface area contributed by atoms with E-state index in [0.29, 0.717) is 0 Å². The first-order valence-electron chi connectivity index (χ1n) is 21.7. The fraction of sp³-hybridized carbons (Fsp3) is 0. The molecule has 11 aromatic rings. The van der Waals surface area contributed by atoms with Gasteiger partial charge < -0.3 is 19.1 Å². The number of rotatable bonds is 11. The first-order chi connectivity index (χ1) is 31.8. The Hall–Kier alpha value is -8.60. The van der Waals surface area contributed by atoms with Crippen molar-refractivity contribution in [3.63, 3.8) is 0 Å². The second-order valence-corrected chi connectivity index (χ2v) is 15.8. The van der Waals surface area contributed by atoms with Crippen LogP contribution in [-0.2, 0) is 0 Å². The van der Waals surface area contributed by atoms with Crippen molar-refractivity contribution in [1.82, 2.24) is 0 Å². The Morgan fingerprint density at radius 1 is 0.234 bits per heavy atom. The van der Waals surface area contributed by atoms with E-state index in [1.807, 2.05) is 0 Å². The van der Waals surface area contributed by atoms with Crippen molar-refractivity contribution in [2.45, 2.75) is 0 Å². The molecule has 304 valence electrons. The summed E-state index contributed by atoms with van der Waals surface area (Å²) in [4.78, 5) is 7.04. The SMILES string of the molecule is c1ccc(-c2ccccc2N(c2ccccc2)c2ccc3oc4ccc(N(c5ccccc5)c5ccc(N(c6ccccc6)c6ccccc6)c(-c6ccccc6)c5)cc4c3c2)cc1. The first kappa shape index (κ1) is 38.3. The minimum atomic E-state index is 0.835. The maximum atomic E-state index is 6.60. The quantitative estimate of drug-likeness (QED) is 0.130. The largest absolute Gasteiger partial charge is 0.456 e. The van der Waals surface area contributed by atoms with Gasteiger partial charge in [0.2, 0.25) is 0 Å². The minimum Gasteiger partial charge on any atom is -0.456 e. The van der Waals surface area contributed by atoms with Crippen molar-refractivity contribution in [2.24, 2.45) is 0 Å². The van der Waals surface area contributed by atoms with Crippen molar-refractivity contribution in [3.8, 4) is 22.3 Å². The van der Waals surface area contributed by atoms with Gasteiger partial charge in [-0.3, -0.25) is 0 Å². The van der Waals surface area contributed by atoms with E-state index in [-0.39, 0.29) is 0 Å². The van der Waals surface area contributed by atoms with Gasteiger partial charge in [0.25, 0.3) is 0 Å². The van der Waals surface area contributed by atoms with E-state index in [9.17, 15) is 0 Å². The molecule has 0 atom stereocenters. The number of hydrogen-bond acceptors (Lipinski definition) is 4. The highest BCUT2D eigenvalue weighted by Gasteiger charge is 2.23. The van der Waals surface area contributed by atoms with E-state index < -0.39 is 0 Å². The highest BCUT2D eigenvalue weighted by atomic mass is 16.3. The number of furan rings is 1. The molecule has 0 N–H and O–H groups in total. The molecule has 4 nitrogen and oxygen atoms in total. The molecular formula is C60H43N3O. The summed E-state index contributed by atoms with van der Waals surface area (Å²) in [6.45, 7) is 0. The molecule has 0 fully saturated rings. The third-order valence-electron chi connectivity index (χ3n) is 11.8. The van der Waals surface area contributed by atoms with Gasteiger partial charge in [-0.05, 0) is 120 Å². The second-order valence-electron chi connectivity index (χ2n) is 15.8. The number of fused-ring (bicyclic) bond motifs is 3. The molecule has 64 heavy (non-hydrogen) atoms. The molecule has 1 aromatic heterocycles. The summed E-state index contributed by atoms with van der Waals surface area (Å²) < 4.78 is 6.60. The molecule has 0 aliphatic carbocycles. The van der Waals surface area contributed by atoms with Crippen LogP contribution in [0.1, 0.15) is 0 Å². The summed E-state index contributed by atoms with van der Waals surface area (Å²) in [5.41, 5.74) is 15.8. The normalized spacial score (nSPS) is 11.1. The Bertz CT molecular complexity index is 3280. The Labute approximate surface area is 373 Å². The molecule has 0 saturated carbocycles. The van der Waals surface area contributed by atoms with Crippen LogP contribution in [0.25, 0.3) is 44.2 Å². The topological polar surface area (TPSA) is 22.9 Å². The van der Waals surface area contributed by atoms with E-state index in [4.69, 9.17) is 4.42 Å². The van der Waals surface area contributed by atoms with E-state index in [0.717, 1.165) is 95.4 Å². The molecule has 0 saturated heterocycles. The number of para-hydroxylation sites is 5. The van der Waals surface area contributed by atoms with E-state index in [2.05, 4.69) is 276 Å². The van der Waals surface area contributed by atoms with E-state index in [1.54, 1.807) is 0 Å². The number of hydrogen-bond donors (Lipinski definition) is 0. The molecule has 11 rings (SSSR count). The Kier molecular flexibility index (Phi) is 10.2. The van der Waals surface area contributed by atoms with E-state index in [1.165, 1.54) is 0 Å². The maximum Gasteiger partial charge on any atom is 0.135 e. The predicted octanol–water partition coefficient (Wildman–Crippen LogP) is 17.3. The summed E-state index contributed by atoms with van der Waals surface area (Å²) in [6.07, 6.45) is 0. The summed E-state index contributed by atoms with van der Waals surface area (Å²) in [5.74, 6) is 0. The standard InChI is InChI=1S/C60H43N3O/c1-7-21-44(22-8-1)53-33-19-20-34-57(53)63(49-31-17-6-18-32-49)52-37-40-60-56(43-52)55-42-51(36-39-59(55)64-60)61(46-25-11-3-12-26-46)50-35-38-58(54(41-50)45-23-9-2-10-24-45)62(47-27-13-4-14-28-47)48-29-15-5-16-30-48/h1-43H. The molecule has 0 aliphatic rings. The molecule has 4 heteroatoms. The Morgan fingerprint density at radius 3 is 1.08 bits per heavy atom. The van der Waals surface area contributed by atoms with Gasteiger partial charge in [0.15, 0.2) is 0 Å². The average molecular weight is 822 g/mol. The van der Waals surface area contributed by atoms with Crippen LogP contribution in [-0.4, -0.2) is 0 Å². The molecule has 0 spiro atoms. The minimum absolute atomic E-state index is 0.835. The van der Waals surface area contributed by atoms with Crippen LogP contribution >= 0.6 is 0 Å². The van der Waals surface area contributed by atoms with Crippen molar-refractivity contribution < 1.29 is 4.42 Å². The van der Waals surface area contributed by atoms with Crippen LogP contribution in [0.2, 0.25) is 0 Å². The maximum absolute atomic E-state index is 6.60. The first-order valence-corrected chi connectivity index (χ1v) is 21.7. The molecule has 10 aromatic carbocycles. The summed E-state index contributed by atoms with van der Waals surface area (Å²) in [7, 11) is 0. The lowest BCUT2D eigenvalue weighted by atomic mass is 10.00. The highest BCUT2D eigenvalue weighted by molar-refractivity contribution is 6.08. The average Bonchev–Trinajstić information content (AvgIpc) is 3.74. The lowest BCUT2D eigenvalue weighted by Gasteiger charge is -2.30. The number of nitrogens with zero attached hydrogens (tertiary/aromatic N) is 3. The summed E-state index contributed by atoms with van der Waals surface area (Å²) in [6, 6.07) is 92.3. The lowest BCUT2D eigenvalue weighted by Crippen LogP contribution is -2.13. The zero-order chi connectivity index (χ0) is 42.7. The zero-order valence-corrected chi connectivity index (χ0v) is 35.1. The van der Waals surface area contributed by atoms with Crippen LogP contribution < -0.4 is 14.7 Å². The fourth-order valence-corrected chi connectivity index (χ4v) is 8.88. The van der Waals surface area contributed by atoms with Crippen LogP contribution in [0.5, 0.6) is 0 Å². The molecule has 0 amide bonds. The third-order valence-corrected chi connectivity index (χ3v) is 11.8. The smallest absolute Gasteiger partial charge is 0.135 e. The van der Waals surface area contributed by atoms with Crippen LogP contribution in [0.4, 0.5) is 51.2 Å². The van der Waals surface area contributed by atoms with Gasteiger partial charge in [-0.1, -0.05) is 152 Å². The van der Waals surface area contributed by atoms with Gasteiger partial charge in [-0.15, -0.1) is 0 Å². The lowest BCUT2D eigenvalue weighted by molar-refractivity contribution is 0.669. The predicted molar refractivity (Wildman–Crippen MR) is 269 cm³/mol. The van der Waals surface area contributed by atoms with Crippen LogP contribution in [0.3, 0.4) is 0 Å². The highest BCUT2D eigenvalue weighted by Crippen LogP contribution is 2.47. The summed E-state index contributed by atoms with van der Waals surface area (Å²) in [5, 5.41) is 2.08. The number of benzene rings is 10. The van der Waals surface area contributed by atoms with Gasteiger partial charge in [0.1, 0.15) is 11.2 Å². The van der Waals surface area contributed by atoms with Gasteiger partial charge in [0, 0.05) is 61.7 Å². The fourth-order valence-electron chi connectivity index (χ4n) is 8.88. The van der Waals surface area contributed by atoms with Crippen molar-refractivity contribution in [2.75, 3.05) is 14.7 Å². The summed E-state index contributed by atoms with van der Waals surface area (Å²) >= 11 is 0. The van der Waals surface area contributed by atoms with Gasteiger partial charge in [0.05, 0.1) is 11.4 Å².